The lowest BCUT2D eigenvalue weighted by molar-refractivity contribution is -0.118. The number of rotatable bonds is 8. The summed E-state index contributed by atoms with van der Waals surface area (Å²) in [5.41, 5.74) is 1.52. The van der Waals surface area contributed by atoms with Crippen LogP contribution in [0.25, 0.3) is 0 Å². The first-order valence-electron chi connectivity index (χ1n) is 8.78. The molecular formula is C20H26N2O5S. The molecule has 152 valence electrons. The number of sulfonamides is 1. The van der Waals surface area contributed by atoms with Crippen LogP contribution >= 0.6 is 0 Å². The molecule has 0 radical (unpaired) electrons. The highest BCUT2D eigenvalue weighted by atomic mass is 32.2. The van der Waals surface area contributed by atoms with Crippen molar-refractivity contribution in [3.05, 3.63) is 48.0 Å². The molecule has 0 spiro atoms. The monoisotopic (exact) mass is 406 g/mol. The second-order valence-corrected chi connectivity index (χ2v) is 8.83. The van der Waals surface area contributed by atoms with Crippen molar-refractivity contribution in [1.29, 1.82) is 0 Å². The second kappa shape index (κ2) is 9.07. The van der Waals surface area contributed by atoms with Gasteiger partial charge in [-0.25, -0.2) is 12.7 Å². The molecule has 0 aromatic heterocycles. The van der Waals surface area contributed by atoms with Gasteiger partial charge in [0.05, 0.1) is 7.11 Å². The predicted molar refractivity (Wildman–Crippen MR) is 109 cm³/mol. The molecule has 2 rings (SSSR count). The molecule has 0 bridgehead atoms. The third-order valence-electron chi connectivity index (χ3n) is 4.12. The van der Waals surface area contributed by atoms with Gasteiger partial charge < -0.3 is 14.8 Å². The van der Waals surface area contributed by atoms with E-state index in [1.165, 1.54) is 38.9 Å². The molecule has 0 saturated carbocycles. The van der Waals surface area contributed by atoms with E-state index in [1.54, 1.807) is 6.07 Å². The summed E-state index contributed by atoms with van der Waals surface area (Å²) in [6.45, 7) is 4.01. The molecule has 2 aromatic carbocycles. The van der Waals surface area contributed by atoms with Crippen molar-refractivity contribution >= 4 is 21.6 Å². The van der Waals surface area contributed by atoms with Crippen LogP contribution in [0.4, 0.5) is 5.69 Å². The quantitative estimate of drug-likeness (QED) is 0.728. The minimum absolute atomic E-state index is 0.0250. The van der Waals surface area contributed by atoms with E-state index < -0.39 is 15.9 Å². The third-order valence-corrected chi connectivity index (χ3v) is 5.96. The number of anilines is 1. The number of carbonyl (C=O) groups excluding carboxylic acids is 1. The van der Waals surface area contributed by atoms with Gasteiger partial charge in [0.2, 0.25) is 10.0 Å². The number of hydrogen-bond donors (Lipinski definition) is 1. The standard InChI is InChI=1S/C20H26N2O5S/c1-14(2)15-6-9-17(10-7-15)27-13-20(23)21-16-8-11-18(26-5)19(12-16)28(24,25)22(3)4/h6-12,14H,13H2,1-5H3,(H,21,23). The lowest BCUT2D eigenvalue weighted by atomic mass is 10.0. The van der Waals surface area contributed by atoms with Crippen molar-refractivity contribution < 1.29 is 22.7 Å². The van der Waals surface area contributed by atoms with Gasteiger partial charge >= 0.3 is 0 Å². The number of amides is 1. The van der Waals surface area contributed by atoms with Crippen LogP contribution in [0.5, 0.6) is 11.5 Å². The molecule has 0 heterocycles. The van der Waals surface area contributed by atoms with E-state index in [2.05, 4.69) is 19.2 Å². The van der Waals surface area contributed by atoms with Crippen molar-refractivity contribution in [2.75, 3.05) is 33.1 Å². The van der Waals surface area contributed by atoms with Crippen LogP contribution in [0.1, 0.15) is 25.3 Å². The molecule has 0 fully saturated rings. The number of hydrogen-bond acceptors (Lipinski definition) is 5. The van der Waals surface area contributed by atoms with Crippen molar-refractivity contribution in [1.82, 2.24) is 4.31 Å². The van der Waals surface area contributed by atoms with Gasteiger partial charge in [-0.1, -0.05) is 26.0 Å². The Morgan fingerprint density at radius 3 is 2.29 bits per heavy atom. The zero-order chi connectivity index (χ0) is 20.9. The van der Waals surface area contributed by atoms with Crippen LogP contribution < -0.4 is 14.8 Å². The van der Waals surface area contributed by atoms with Crippen molar-refractivity contribution in [3.63, 3.8) is 0 Å². The number of methoxy groups -OCH3 is 1. The van der Waals surface area contributed by atoms with Gasteiger partial charge in [-0.3, -0.25) is 4.79 Å². The lowest BCUT2D eigenvalue weighted by Crippen LogP contribution is -2.24. The Morgan fingerprint density at radius 2 is 1.75 bits per heavy atom. The summed E-state index contributed by atoms with van der Waals surface area (Å²) in [6.07, 6.45) is 0. The van der Waals surface area contributed by atoms with Gasteiger partial charge in [-0.15, -0.1) is 0 Å². The molecule has 0 atom stereocenters. The van der Waals surface area contributed by atoms with Crippen LogP contribution in [0, 0.1) is 0 Å². The SMILES string of the molecule is COc1ccc(NC(=O)COc2ccc(C(C)C)cc2)cc1S(=O)(=O)N(C)C. The van der Waals surface area contributed by atoms with E-state index in [0.717, 1.165) is 4.31 Å². The molecule has 7 nitrogen and oxygen atoms in total. The molecule has 1 amide bonds. The summed E-state index contributed by atoms with van der Waals surface area (Å²) in [5.74, 6) is 0.810. The minimum atomic E-state index is -3.72. The molecule has 0 saturated heterocycles. The fraction of sp³-hybridized carbons (Fsp3) is 0.350. The third kappa shape index (κ3) is 5.24. The first kappa shape index (κ1) is 21.7. The molecule has 0 aliphatic heterocycles. The molecule has 0 aliphatic carbocycles. The first-order valence-corrected chi connectivity index (χ1v) is 10.2. The van der Waals surface area contributed by atoms with E-state index in [1.807, 2.05) is 24.3 Å². The fourth-order valence-corrected chi connectivity index (χ4v) is 3.52. The van der Waals surface area contributed by atoms with Crippen LogP contribution in [0.3, 0.4) is 0 Å². The number of nitrogens with zero attached hydrogens (tertiary/aromatic N) is 1. The Balaban J connectivity index is 2.07. The minimum Gasteiger partial charge on any atom is -0.495 e. The zero-order valence-electron chi connectivity index (χ0n) is 16.7. The van der Waals surface area contributed by atoms with E-state index in [9.17, 15) is 13.2 Å². The topological polar surface area (TPSA) is 84.9 Å². The Morgan fingerprint density at radius 1 is 1.11 bits per heavy atom. The highest BCUT2D eigenvalue weighted by Gasteiger charge is 2.23. The number of ether oxygens (including phenoxy) is 2. The van der Waals surface area contributed by atoms with Crippen molar-refractivity contribution in [2.45, 2.75) is 24.7 Å². The summed E-state index contributed by atoms with van der Waals surface area (Å²) in [4.78, 5) is 12.2. The molecule has 1 N–H and O–H groups in total. The van der Waals surface area contributed by atoms with Gasteiger partial charge in [0.15, 0.2) is 6.61 Å². The van der Waals surface area contributed by atoms with Gasteiger partial charge in [-0.05, 0) is 41.8 Å². The molecule has 28 heavy (non-hydrogen) atoms. The highest BCUT2D eigenvalue weighted by Crippen LogP contribution is 2.28. The lowest BCUT2D eigenvalue weighted by Gasteiger charge is -2.16. The smallest absolute Gasteiger partial charge is 0.262 e. The summed E-state index contributed by atoms with van der Waals surface area (Å²) < 4.78 is 36.6. The maximum Gasteiger partial charge on any atom is 0.262 e. The van der Waals surface area contributed by atoms with Crippen LogP contribution in [-0.2, 0) is 14.8 Å². The molecule has 0 unspecified atom stereocenters. The average Bonchev–Trinajstić information content (AvgIpc) is 2.66. The molecule has 0 aliphatic rings. The van der Waals surface area contributed by atoms with E-state index in [4.69, 9.17) is 9.47 Å². The van der Waals surface area contributed by atoms with Gasteiger partial charge in [-0.2, -0.15) is 0 Å². The first-order chi connectivity index (χ1) is 13.1. The molecular weight excluding hydrogens is 380 g/mol. The van der Waals surface area contributed by atoms with E-state index in [0.29, 0.717) is 17.4 Å². The largest absolute Gasteiger partial charge is 0.495 e. The average molecular weight is 407 g/mol. The number of carbonyl (C=O) groups is 1. The summed E-state index contributed by atoms with van der Waals surface area (Å²) in [6, 6.07) is 12.0. The summed E-state index contributed by atoms with van der Waals surface area (Å²) in [5, 5.41) is 2.64. The highest BCUT2D eigenvalue weighted by molar-refractivity contribution is 7.89. The normalized spacial score (nSPS) is 11.5. The zero-order valence-corrected chi connectivity index (χ0v) is 17.5. The number of benzene rings is 2. The Labute approximate surface area is 166 Å². The van der Waals surface area contributed by atoms with Crippen LogP contribution in [0.15, 0.2) is 47.4 Å². The van der Waals surface area contributed by atoms with Gasteiger partial charge in [0, 0.05) is 19.8 Å². The fourth-order valence-electron chi connectivity index (χ4n) is 2.45. The summed E-state index contributed by atoms with van der Waals surface area (Å²) in [7, 11) is 0.529. The van der Waals surface area contributed by atoms with Crippen molar-refractivity contribution in [2.24, 2.45) is 0 Å². The van der Waals surface area contributed by atoms with Crippen LogP contribution in [0.2, 0.25) is 0 Å². The van der Waals surface area contributed by atoms with Gasteiger partial charge in [0.1, 0.15) is 16.4 Å². The van der Waals surface area contributed by atoms with Crippen LogP contribution in [-0.4, -0.2) is 46.4 Å². The Bertz CT molecular complexity index is 922. The van der Waals surface area contributed by atoms with E-state index in [-0.39, 0.29) is 17.3 Å². The Kier molecular flexibility index (Phi) is 7.04. The maximum absolute atomic E-state index is 12.4. The second-order valence-electron chi connectivity index (χ2n) is 6.71. The van der Waals surface area contributed by atoms with E-state index >= 15 is 0 Å². The number of nitrogens with one attached hydrogen (secondary N) is 1. The maximum atomic E-state index is 12.4. The Hall–Kier alpha value is -2.58. The predicted octanol–water partition coefficient (Wildman–Crippen LogP) is 3.09. The molecule has 2 aromatic rings. The van der Waals surface area contributed by atoms with Gasteiger partial charge in [0.25, 0.3) is 5.91 Å². The molecule has 8 heteroatoms. The summed E-state index contributed by atoms with van der Waals surface area (Å²) >= 11 is 0. The van der Waals surface area contributed by atoms with Crippen molar-refractivity contribution in [3.8, 4) is 11.5 Å².